The first-order chi connectivity index (χ1) is 11.7. The Kier molecular flexibility index (Phi) is 6.36. The predicted octanol–water partition coefficient (Wildman–Crippen LogP) is 6.83. The molecule has 0 aliphatic heterocycles. The van der Waals surface area contributed by atoms with Crippen molar-refractivity contribution in [3.63, 3.8) is 0 Å². The summed E-state index contributed by atoms with van der Waals surface area (Å²) in [5.41, 5.74) is 4.53. The summed E-state index contributed by atoms with van der Waals surface area (Å²) in [6, 6.07) is 10.6. The fourth-order valence-electron chi connectivity index (χ4n) is 3.58. The molecule has 0 fully saturated rings. The fourth-order valence-corrected chi connectivity index (χ4v) is 3.58. The van der Waals surface area contributed by atoms with Crippen LogP contribution in [0.5, 0.6) is 0 Å². The summed E-state index contributed by atoms with van der Waals surface area (Å²) in [6.07, 6.45) is 5.02. The quantitative estimate of drug-likeness (QED) is 0.602. The van der Waals surface area contributed by atoms with Gasteiger partial charge >= 0.3 is 0 Å². The standard InChI is InChI=1S/C21H24O.C2H6/c1-4-6-8-17-11-14(3)19-13-15(5-2)12-16-9-7-10-18(20(16)19)21(17)22;1-2/h7,9-10,12-13,17H,3-6,8,11H2,1-2H3;1-2H3. The van der Waals surface area contributed by atoms with Crippen LogP contribution in [0, 0.1) is 5.92 Å². The monoisotopic (exact) mass is 322 g/mol. The molecule has 0 saturated carbocycles. The number of ketones is 1. The van der Waals surface area contributed by atoms with Gasteiger partial charge < -0.3 is 0 Å². The van der Waals surface area contributed by atoms with Gasteiger partial charge in [-0.05, 0) is 46.7 Å². The van der Waals surface area contributed by atoms with Gasteiger partial charge in [0.15, 0.2) is 5.78 Å². The molecule has 2 aromatic rings. The minimum absolute atomic E-state index is 0.0931. The second kappa shape index (κ2) is 8.28. The number of hydrogen-bond acceptors (Lipinski definition) is 1. The van der Waals surface area contributed by atoms with Crippen LogP contribution >= 0.6 is 0 Å². The normalized spacial score (nSPS) is 16.6. The van der Waals surface area contributed by atoms with Crippen LogP contribution in [0.4, 0.5) is 0 Å². The molecular weight excluding hydrogens is 292 g/mol. The van der Waals surface area contributed by atoms with Crippen LogP contribution in [-0.4, -0.2) is 5.78 Å². The Labute approximate surface area is 146 Å². The molecule has 24 heavy (non-hydrogen) atoms. The molecule has 0 spiro atoms. The highest BCUT2D eigenvalue weighted by molar-refractivity contribution is 6.14. The first-order valence-electron chi connectivity index (χ1n) is 9.43. The number of Topliss-reactive ketones (excluding diaryl/α,β-unsaturated/α-hetero) is 1. The van der Waals surface area contributed by atoms with E-state index in [9.17, 15) is 4.79 Å². The van der Waals surface area contributed by atoms with Crippen LogP contribution in [0.2, 0.25) is 0 Å². The van der Waals surface area contributed by atoms with Gasteiger partial charge in [0.2, 0.25) is 0 Å². The Morgan fingerprint density at radius 2 is 1.88 bits per heavy atom. The summed E-state index contributed by atoms with van der Waals surface area (Å²) in [6.45, 7) is 12.7. The van der Waals surface area contributed by atoms with Crippen LogP contribution in [0.15, 0.2) is 36.9 Å². The molecule has 3 rings (SSSR count). The third-order valence-electron chi connectivity index (χ3n) is 4.86. The Morgan fingerprint density at radius 1 is 1.12 bits per heavy atom. The van der Waals surface area contributed by atoms with Gasteiger partial charge in [0.05, 0.1) is 0 Å². The molecule has 0 radical (unpaired) electrons. The molecule has 0 aromatic heterocycles. The molecule has 2 aromatic carbocycles. The number of benzene rings is 2. The number of carbonyl (C=O) groups excluding carboxylic acids is 1. The van der Waals surface area contributed by atoms with Crippen molar-refractivity contribution in [2.75, 3.05) is 0 Å². The van der Waals surface area contributed by atoms with Crippen molar-refractivity contribution in [2.45, 2.75) is 59.8 Å². The Balaban J connectivity index is 0.00000100. The predicted molar refractivity (Wildman–Crippen MR) is 106 cm³/mol. The van der Waals surface area contributed by atoms with Crippen LogP contribution in [-0.2, 0) is 6.42 Å². The molecule has 0 N–H and O–H groups in total. The van der Waals surface area contributed by atoms with E-state index in [0.29, 0.717) is 5.78 Å². The first-order valence-corrected chi connectivity index (χ1v) is 9.43. The van der Waals surface area contributed by atoms with Crippen LogP contribution < -0.4 is 0 Å². The third kappa shape index (κ3) is 3.45. The Bertz CT molecular complexity index is 739. The lowest BCUT2D eigenvalue weighted by Crippen LogP contribution is -2.13. The minimum atomic E-state index is 0.0931. The van der Waals surface area contributed by atoms with E-state index in [1.165, 1.54) is 16.5 Å². The van der Waals surface area contributed by atoms with Crippen LogP contribution in [0.25, 0.3) is 16.3 Å². The lowest BCUT2D eigenvalue weighted by Gasteiger charge is -2.13. The number of allylic oxidation sites excluding steroid dienone is 1. The van der Waals surface area contributed by atoms with Crippen LogP contribution in [0.1, 0.15) is 74.9 Å². The maximum Gasteiger partial charge on any atom is 0.166 e. The van der Waals surface area contributed by atoms with E-state index < -0.39 is 0 Å². The second-order valence-corrected chi connectivity index (χ2v) is 6.41. The van der Waals surface area contributed by atoms with E-state index in [1.807, 2.05) is 26.0 Å². The van der Waals surface area contributed by atoms with Gasteiger partial charge in [-0.1, -0.05) is 77.4 Å². The molecule has 0 bridgehead atoms. The van der Waals surface area contributed by atoms with E-state index in [0.717, 1.165) is 48.6 Å². The van der Waals surface area contributed by atoms with Gasteiger partial charge in [-0.25, -0.2) is 0 Å². The zero-order valence-electron chi connectivity index (χ0n) is 15.6. The van der Waals surface area contributed by atoms with Crippen molar-refractivity contribution >= 4 is 22.1 Å². The number of unbranched alkanes of at least 4 members (excludes halogenated alkanes) is 1. The maximum atomic E-state index is 13.0. The van der Waals surface area contributed by atoms with Crippen molar-refractivity contribution in [1.82, 2.24) is 0 Å². The van der Waals surface area contributed by atoms with Crippen molar-refractivity contribution in [3.05, 3.63) is 53.6 Å². The molecule has 1 aliphatic carbocycles. The zero-order chi connectivity index (χ0) is 17.7. The smallest absolute Gasteiger partial charge is 0.166 e. The maximum absolute atomic E-state index is 13.0. The van der Waals surface area contributed by atoms with E-state index in [1.54, 1.807) is 0 Å². The average molecular weight is 322 g/mol. The van der Waals surface area contributed by atoms with E-state index >= 15 is 0 Å². The summed E-state index contributed by atoms with van der Waals surface area (Å²) in [5.74, 6) is 0.402. The van der Waals surface area contributed by atoms with E-state index in [-0.39, 0.29) is 5.92 Å². The van der Waals surface area contributed by atoms with Crippen molar-refractivity contribution in [2.24, 2.45) is 5.92 Å². The van der Waals surface area contributed by atoms with Gasteiger partial charge in [0.1, 0.15) is 0 Å². The molecule has 0 amide bonds. The van der Waals surface area contributed by atoms with Crippen LogP contribution in [0.3, 0.4) is 0 Å². The fraction of sp³-hybridized carbons (Fsp3) is 0.435. The Hall–Kier alpha value is -1.89. The number of hydrogen-bond donors (Lipinski definition) is 0. The lowest BCUT2D eigenvalue weighted by atomic mass is 9.89. The highest BCUT2D eigenvalue weighted by Gasteiger charge is 2.27. The molecule has 1 aliphatic rings. The number of rotatable bonds is 4. The Morgan fingerprint density at radius 3 is 2.54 bits per heavy atom. The van der Waals surface area contributed by atoms with E-state index in [4.69, 9.17) is 0 Å². The molecule has 1 heteroatoms. The zero-order valence-corrected chi connectivity index (χ0v) is 15.6. The van der Waals surface area contributed by atoms with Gasteiger partial charge in [-0.2, -0.15) is 0 Å². The molecular formula is C23H30O. The minimum Gasteiger partial charge on any atom is -0.294 e. The molecule has 0 heterocycles. The first kappa shape index (κ1) is 18.4. The van der Waals surface area contributed by atoms with Gasteiger partial charge in [-0.3, -0.25) is 4.79 Å². The molecule has 0 saturated heterocycles. The number of aryl methyl sites for hydroxylation is 1. The van der Waals surface area contributed by atoms with E-state index in [2.05, 4.69) is 38.6 Å². The highest BCUT2D eigenvalue weighted by Crippen LogP contribution is 2.38. The SMILES string of the molecule is C=C1CC(CCCC)C(=O)c2cccc3cc(CC)cc1c23.CC. The molecule has 1 nitrogen and oxygen atoms in total. The summed E-state index contributed by atoms with van der Waals surface area (Å²) in [4.78, 5) is 13.0. The molecule has 1 unspecified atom stereocenters. The summed E-state index contributed by atoms with van der Waals surface area (Å²) < 4.78 is 0. The second-order valence-electron chi connectivity index (χ2n) is 6.41. The third-order valence-corrected chi connectivity index (χ3v) is 4.86. The molecule has 128 valence electrons. The van der Waals surface area contributed by atoms with Gasteiger partial charge in [0.25, 0.3) is 0 Å². The van der Waals surface area contributed by atoms with Gasteiger partial charge in [-0.15, -0.1) is 0 Å². The summed E-state index contributed by atoms with van der Waals surface area (Å²) in [7, 11) is 0. The highest BCUT2D eigenvalue weighted by atomic mass is 16.1. The van der Waals surface area contributed by atoms with Crippen molar-refractivity contribution < 1.29 is 4.79 Å². The van der Waals surface area contributed by atoms with Gasteiger partial charge in [0, 0.05) is 11.5 Å². The number of carbonyl (C=O) groups is 1. The largest absolute Gasteiger partial charge is 0.294 e. The molecule has 1 atom stereocenters. The lowest BCUT2D eigenvalue weighted by molar-refractivity contribution is 0.0917. The summed E-state index contributed by atoms with van der Waals surface area (Å²) in [5, 5.41) is 2.30. The summed E-state index contributed by atoms with van der Waals surface area (Å²) >= 11 is 0. The topological polar surface area (TPSA) is 17.1 Å². The average Bonchev–Trinajstić information content (AvgIpc) is 2.73. The van der Waals surface area contributed by atoms with Crippen molar-refractivity contribution in [3.8, 4) is 0 Å². The van der Waals surface area contributed by atoms with Crippen molar-refractivity contribution in [1.29, 1.82) is 0 Å².